The molecule has 1 aromatic carbocycles. The van der Waals surface area contributed by atoms with Crippen LogP contribution in [0.3, 0.4) is 0 Å². The summed E-state index contributed by atoms with van der Waals surface area (Å²) in [5, 5.41) is 3.39. The fourth-order valence-corrected chi connectivity index (χ4v) is 3.42. The van der Waals surface area contributed by atoms with Gasteiger partial charge in [0.1, 0.15) is 6.33 Å². The molecular weight excluding hydrogens is 262 g/mol. The van der Waals surface area contributed by atoms with Gasteiger partial charge in [-0.25, -0.2) is 9.97 Å². The van der Waals surface area contributed by atoms with E-state index in [1.165, 1.54) is 16.7 Å². The molecular formula is C16H17N5. The summed E-state index contributed by atoms with van der Waals surface area (Å²) in [5.74, 6) is 0.568. The van der Waals surface area contributed by atoms with Crippen LogP contribution in [-0.2, 0) is 12.8 Å². The van der Waals surface area contributed by atoms with Crippen LogP contribution < -0.4 is 11.1 Å². The highest BCUT2D eigenvalue weighted by molar-refractivity contribution is 5.81. The molecule has 0 bridgehead atoms. The Morgan fingerprint density at radius 1 is 1.19 bits per heavy atom. The van der Waals surface area contributed by atoms with Gasteiger partial charge in [-0.2, -0.15) is 0 Å². The van der Waals surface area contributed by atoms with Gasteiger partial charge in [0, 0.05) is 18.0 Å². The molecule has 21 heavy (non-hydrogen) atoms. The predicted octanol–water partition coefficient (Wildman–Crippen LogP) is 1.29. The molecule has 3 N–H and O–H groups in total. The van der Waals surface area contributed by atoms with Gasteiger partial charge in [0.15, 0.2) is 5.96 Å². The van der Waals surface area contributed by atoms with Crippen molar-refractivity contribution in [1.29, 1.82) is 0 Å². The summed E-state index contributed by atoms with van der Waals surface area (Å²) in [4.78, 5) is 12.6. The molecule has 2 aromatic rings. The number of rotatable bonds is 1. The molecule has 0 fully saturated rings. The van der Waals surface area contributed by atoms with Crippen molar-refractivity contribution in [2.24, 2.45) is 10.7 Å². The van der Waals surface area contributed by atoms with Gasteiger partial charge in [-0.05, 0) is 36.0 Å². The second-order valence-corrected chi connectivity index (χ2v) is 5.85. The third kappa shape index (κ3) is 2.05. The Balaban J connectivity index is 1.77. The number of hydrogen-bond acceptors (Lipinski definition) is 5. The molecule has 0 amide bonds. The third-order valence-electron chi connectivity index (χ3n) is 4.48. The highest BCUT2D eigenvalue weighted by Crippen LogP contribution is 2.36. The first-order valence-electron chi connectivity index (χ1n) is 7.20. The molecule has 1 aliphatic carbocycles. The number of nitrogens with zero attached hydrogens (tertiary/aromatic N) is 3. The van der Waals surface area contributed by atoms with E-state index in [9.17, 15) is 0 Å². The zero-order valence-corrected chi connectivity index (χ0v) is 11.7. The molecule has 1 unspecified atom stereocenters. The predicted molar refractivity (Wildman–Crippen MR) is 81.8 cm³/mol. The van der Waals surface area contributed by atoms with Crippen molar-refractivity contribution in [3.05, 3.63) is 48.0 Å². The van der Waals surface area contributed by atoms with Gasteiger partial charge in [-0.1, -0.05) is 18.2 Å². The SMILES string of the molecule is NC1=NCC2(CCc3cccc(-c4cncnc4)c3C2)N1. The summed E-state index contributed by atoms with van der Waals surface area (Å²) in [6.45, 7) is 0.762. The van der Waals surface area contributed by atoms with Crippen LogP contribution in [-0.4, -0.2) is 28.0 Å². The van der Waals surface area contributed by atoms with Crippen molar-refractivity contribution in [3.8, 4) is 11.1 Å². The van der Waals surface area contributed by atoms with Gasteiger partial charge in [0.25, 0.3) is 0 Å². The topological polar surface area (TPSA) is 76.2 Å². The van der Waals surface area contributed by atoms with Gasteiger partial charge < -0.3 is 11.1 Å². The number of aliphatic imine (C=N–C) groups is 1. The first kappa shape index (κ1) is 12.3. The van der Waals surface area contributed by atoms with E-state index < -0.39 is 0 Å². The van der Waals surface area contributed by atoms with E-state index in [2.05, 4.69) is 38.5 Å². The van der Waals surface area contributed by atoms with Gasteiger partial charge in [-0.15, -0.1) is 0 Å². The standard InChI is InChI=1S/C16H17N5/c17-15-20-9-16(21-15)5-4-11-2-1-3-13(14(11)6-16)12-7-18-10-19-8-12/h1-3,7-8,10H,4-6,9H2,(H3,17,20,21). The third-order valence-corrected chi connectivity index (χ3v) is 4.48. The summed E-state index contributed by atoms with van der Waals surface area (Å²) in [6, 6.07) is 6.48. The Morgan fingerprint density at radius 2 is 2.05 bits per heavy atom. The summed E-state index contributed by atoms with van der Waals surface area (Å²) in [6.07, 6.45) is 8.37. The molecule has 1 aromatic heterocycles. The first-order valence-corrected chi connectivity index (χ1v) is 7.20. The fraction of sp³-hybridized carbons (Fsp3) is 0.312. The Labute approximate surface area is 123 Å². The lowest BCUT2D eigenvalue weighted by molar-refractivity contribution is 0.362. The summed E-state index contributed by atoms with van der Waals surface area (Å²) in [5.41, 5.74) is 10.9. The Kier molecular flexibility index (Phi) is 2.67. The van der Waals surface area contributed by atoms with E-state index in [4.69, 9.17) is 5.73 Å². The maximum atomic E-state index is 5.83. The summed E-state index contributed by atoms with van der Waals surface area (Å²) in [7, 11) is 0. The molecule has 106 valence electrons. The molecule has 2 aliphatic rings. The van der Waals surface area contributed by atoms with Gasteiger partial charge in [0.05, 0.1) is 12.1 Å². The second kappa shape index (κ2) is 4.55. The number of nitrogens with two attached hydrogens (primary N) is 1. The van der Waals surface area contributed by atoms with Crippen molar-refractivity contribution in [2.45, 2.75) is 24.8 Å². The number of guanidine groups is 1. The monoisotopic (exact) mass is 279 g/mol. The summed E-state index contributed by atoms with van der Waals surface area (Å²) < 4.78 is 0. The molecule has 5 nitrogen and oxygen atoms in total. The molecule has 1 spiro atoms. The largest absolute Gasteiger partial charge is 0.370 e. The minimum atomic E-state index is -0.0111. The van der Waals surface area contributed by atoms with Crippen LogP contribution in [0.4, 0.5) is 0 Å². The smallest absolute Gasteiger partial charge is 0.189 e. The highest BCUT2D eigenvalue weighted by atomic mass is 15.2. The number of aryl methyl sites for hydroxylation is 1. The van der Waals surface area contributed by atoms with Crippen molar-refractivity contribution < 1.29 is 0 Å². The van der Waals surface area contributed by atoms with Crippen LogP contribution in [0.25, 0.3) is 11.1 Å². The zero-order chi connectivity index (χ0) is 14.3. The molecule has 0 saturated heterocycles. The van der Waals surface area contributed by atoms with E-state index in [1.54, 1.807) is 6.33 Å². The van der Waals surface area contributed by atoms with E-state index in [0.717, 1.165) is 31.4 Å². The number of nitrogens with one attached hydrogen (secondary N) is 1. The molecule has 0 saturated carbocycles. The lowest BCUT2D eigenvalue weighted by Crippen LogP contribution is -2.51. The van der Waals surface area contributed by atoms with Gasteiger partial charge >= 0.3 is 0 Å². The fourth-order valence-electron chi connectivity index (χ4n) is 3.42. The van der Waals surface area contributed by atoms with E-state index in [0.29, 0.717) is 5.96 Å². The number of fused-ring (bicyclic) bond motifs is 1. The van der Waals surface area contributed by atoms with Crippen LogP contribution in [0.15, 0.2) is 41.9 Å². The Hall–Kier alpha value is -2.43. The molecule has 0 radical (unpaired) electrons. The normalized spacial score (nSPS) is 23.5. The molecule has 5 heteroatoms. The zero-order valence-electron chi connectivity index (χ0n) is 11.7. The van der Waals surface area contributed by atoms with Crippen molar-refractivity contribution >= 4 is 5.96 Å². The first-order chi connectivity index (χ1) is 10.3. The van der Waals surface area contributed by atoms with Crippen molar-refractivity contribution in [2.75, 3.05) is 6.54 Å². The average Bonchev–Trinajstić information content (AvgIpc) is 2.88. The average molecular weight is 279 g/mol. The lowest BCUT2D eigenvalue weighted by Gasteiger charge is -2.35. The summed E-state index contributed by atoms with van der Waals surface area (Å²) >= 11 is 0. The molecule has 4 rings (SSSR count). The van der Waals surface area contributed by atoms with Gasteiger partial charge in [0.2, 0.25) is 0 Å². The van der Waals surface area contributed by atoms with Crippen LogP contribution >= 0.6 is 0 Å². The van der Waals surface area contributed by atoms with Crippen LogP contribution in [0.1, 0.15) is 17.5 Å². The van der Waals surface area contributed by atoms with E-state index in [-0.39, 0.29) is 5.54 Å². The highest BCUT2D eigenvalue weighted by Gasteiger charge is 2.38. The van der Waals surface area contributed by atoms with Crippen LogP contribution in [0.5, 0.6) is 0 Å². The minimum Gasteiger partial charge on any atom is -0.370 e. The Morgan fingerprint density at radius 3 is 2.81 bits per heavy atom. The van der Waals surface area contributed by atoms with E-state index >= 15 is 0 Å². The molecule has 1 aliphatic heterocycles. The minimum absolute atomic E-state index is 0.0111. The van der Waals surface area contributed by atoms with E-state index in [1.807, 2.05) is 12.4 Å². The second-order valence-electron chi connectivity index (χ2n) is 5.85. The van der Waals surface area contributed by atoms with Crippen molar-refractivity contribution in [1.82, 2.24) is 15.3 Å². The van der Waals surface area contributed by atoms with Crippen LogP contribution in [0, 0.1) is 0 Å². The van der Waals surface area contributed by atoms with Crippen LogP contribution in [0.2, 0.25) is 0 Å². The quantitative estimate of drug-likeness (QED) is 0.824. The maximum absolute atomic E-state index is 5.83. The van der Waals surface area contributed by atoms with Gasteiger partial charge in [-0.3, -0.25) is 4.99 Å². The molecule has 2 heterocycles. The number of hydrogen-bond donors (Lipinski definition) is 2. The lowest BCUT2D eigenvalue weighted by atomic mass is 9.76. The molecule has 1 atom stereocenters. The van der Waals surface area contributed by atoms with Crippen molar-refractivity contribution in [3.63, 3.8) is 0 Å². The number of benzene rings is 1. The number of aromatic nitrogens is 2. The Bertz CT molecular complexity index is 710. The maximum Gasteiger partial charge on any atom is 0.189 e.